The molecule has 1 aliphatic carbocycles. The average Bonchev–Trinajstić information content (AvgIpc) is 3.40. The number of hydrogen-bond donors (Lipinski definition) is 3. The van der Waals surface area contributed by atoms with Crippen molar-refractivity contribution < 1.29 is 23.5 Å². The van der Waals surface area contributed by atoms with E-state index in [2.05, 4.69) is 15.6 Å². The number of ether oxygens (including phenoxy) is 1. The van der Waals surface area contributed by atoms with Crippen LogP contribution < -0.4 is 10.6 Å². The number of carbonyl (C=O) groups is 3. The molecular formula is C29H28FN3O4. The van der Waals surface area contributed by atoms with E-state index in [1.807, 2.05) is 18.2 Å². The highest BCUT2D eigenvalue weighted by Gasteiger charge is 2.29. The third kappa shape index (κ3) is 5.18. The second-order valence-electron chi connectivity index (χ2n) is 9.21. The van der Waals surface area contributed by atoms with E-state index in [0.29, 0.717) is 48.5 Å². The Balaban J connectivity index is 1.46. The predicted molar refractivity (Wildman–Crippen MR) is 140 cm³/mol. The number of fused-ring (bicyclic) bond motifs is 2. The minimum absolute atomic E-state index is 0.0598. The maximum atomic E-state index is 13.2. The van der Waals surface area contributed by atoms with Gasteiger partial charge in [-0.25, -0.2) is 4.39 Å². The van der Waals surface area contributed by atoms with Gasteiger partial charge in [0.1, 0.15) is 5.82 Å². The molecule has 1 aliphatic heterocycles. The first-order chi connectivity index (χ1) is 17.9. The number of carbonyl (C=O) groups excluding carboxylic acids is 3. The lowest BCUT2D eigenvalue weighted by Crippen LogP contribution is -2.12. The normalized spacial score (nSPS) is 15.4. The van der Waals surface area contributed by atoms with Crippen molar-refractivity contribution in [3.05, 3.63) is 81.9 Å². The van der Waals surface area contributed by atoms with Crippen LogP contribution >= 0.6 is 0 Å². The van der Waals surface area contributed by atoms with Crippen LogP contribution in [0.15, 0.2) is 42.5 Å². The topological polar surface area (TPSA) is 100 Å². The Morgan fingerprint density at radius 2 is 1.95 bits per heavy atom. The summed E-state index contributed by atoms with van der Waals surface area (Å²) in [7, 11) is 0. The maximum absolute atomic E-state index is 13.2. The van der Waals surface area contributed by atoms with Gasteiger partial charge in [0.15, 0.2) is 5.78 Å². The van der Waals surface area contributed by atoms with Crippen molar-refractivity contribution in [2.45, 2.75) is 45.6 Å². The Kier molecular flexibility index (Phi) is 6.90. The smallest absolute Gasteiger partial charge is 0.306 e. The minimum atomic E-state index is -0.319. The fraction of sp³-hybridized carbons (Fsp3) is 0.276. The monoisotopic (exact) mass is 501 g/mol. The molecule has 2 heterocycles. The van der Waals surface area contributed by atoms with Crippen LogP contribution in [0, 0.1) is 5.82 Å². The standard InChI is InChI=1S/C29H28FN3O4/c1-2-37-27(35)13-11-20-25(32-24-4-3-5-26(34)28(20)24)15-22-21-14-19(10-12-23(21)33-29(22)36)31-16-17-6-8-18(30)9-7-17/h6-10,12,14-15,31-32H,2-5,11,13,16H2,1H3,(H,33,36). The Bertz CT molecular complexity index is 1410. The van der Waals surface area contributed by atoms with Crippen molar-refractivity contribution in [1.29, 1.82) is 0 Å². The quantitative estimate of drug-likeness (QED) is 0.288. The van der Waals surface area contributed by atoms with E-state index in [-0.39, 0.29) is 29.9 Å². The zero-order chi connectivity index (χ0) is 25.9. The molecule has 2 aliphatic rings. The molecule has 0 spiro atoms. The van der Waals surface area contributed by atoms with Crippen LogP contribution in [-0.2, 0) is 33.7 Å². The predicted octanol–water partition coefficient (Wildman–Crippen LogP) is 5.27. The molecule has 37 heavy (non-hydrogen) atoms. The second-order valence-corrected chi connectivity index (χ2v) is 9.21. The van der Waals surface area contributed by atoms with Crippen molar-refractivity contribution >= 4 is 40.7 Å². The van der Waals surface area contributed by atoms with E-state index < -0.39 is 0 Å². The first kappa shape index (κ1) is 24.5. The highest BCUT2D eigenvalue weighted by atomic mass is 19.1. The number of Topliss-reactive ketones (excluding diaryl/α,β-unsaturated/α-hetero) is 1. The zero-order valence-corrected chi connectivity index (χ0v) is 20.6. The van der Waals surface area contributed by atoms with Crippen LogP contribution in [0.5, 0.6) is 0 Å². The number of amides is 1. The van der Waals surface area contributed by atoms with Gasteiger partial charge in [-0.3, -0.25) is 14.4 Å². The number of aryl methyl sites for hydroxylation is 1. The number of esters is 1. The number of anilines is 2. The van der Waals surface area contributed by atoms with Gasteiger partial charge in [0.25, 0.3) is 5.91 Å². The van der Waals surface area contributed by atoms with Gasteiger partial charge >= 0.3 is 5.97 Å². The van der Waals surface area contributed by atoms with Crippen LogP contribution in [0.4, 0.5) is 15.8 Å². The van der Waals surface area contributed by atoms with Crippen LogP contribution in [0.3, 0.4) is 0 Å². The Morgan fingerprint density at radius 1 is 1.14 bits per heavy atom. The third-order valence-electron chi connectivity index (χ3n) is 6.71. The molecule has 1 aromatic heterocycles. The van der Waals surface area contributed by atoms with Crippen molar-refractivity contribution in [2.75, 3.05) is 17.2 Å². The summed E-state index contributed by atoms with van der Waals surface area (Å²) in [6.07, 6.45) is 4.27. The number of benzene rings is 2. The van der Waals surface area contributed by atoms with Crippen molar-refractivity contribution in [2.24, 2.45) is 0 Å². The number of nitrogens with one attached hydrogen (secondary N) is 3. The summed E-state index contributed by atoms with van der Waals surface area (Å²) in [5, 5.41) is 6.22. The highest BCUT2D eigenvalue weighted by molar-refractivity contribution is 6.35. The fourth-order valence-electron chi connectivity index (χ4n) is 4.93. The van der Waals surface area contributed by atoms with Gasteiger partial charge in [0.05, 0.1) is 12.2 Å². The van der Waals surface area contributed by atoms with Crippen LogP contribution in [0.25, 0.3) is 11.6 Å². The molecule has 0 saturated carbocycles. The number of aromatic amines is 1. The number of aromatic nitrogens is 1. The molecule has 8 heteroatoms. The summed E-state index contributed by atoms with van der Waals surface area (Å²) < 4.78 is 18.3. The SMILES string of the molecule is CCOC(=O)CCc1c(C=C2C(=O)Nc3ccc(NCc4ccc(F)cc4)cc32)[nH]c2c1C(=O)CCC2. The van der Waals surface area contributed by atoms with Crippen LogP contribution in [0.2, 0.25) is 0 Å². The molecule has 190 valence electrons. The lowest BCUT2D eigenvalue weighted by Gasteiger charge is -2.11. The summed E-state index contributed by atoms with van der Waals surface area (Å²) in [6.45, 7) is 2.56. The molecule has 3 N–H and O–H groups in total. The Labute approximate surface area is 214 Å². The molecule has 0 bridgehead atoms. The van der Waals surface area contributed by atoms with Gasteiger partial charge in [-0.2, -0.15) is 0 Å². The molecule has 7 nitrogen and oxygen atoms in total. The number of rotatable bonds is 8. The lowest BCUT2D eigenvalue weighted by atomic mass is 9.91. The lowest BCUT2D eigenvalue weighted by molar-refractivity contribution is -0.143. The Morgan fingerprint density at radius 3 is 2.73 bits per heavy atom. The molecule has 5 rings (SSSR count). The summed E-state index contributed by atoms with van der Waals surface area (Å²) in [5.74, 6) is -0.777. The van der Waals surface area contributed by atoms with Gasteiger partial charge in [0, 0.05) is 53.3 Å². The van der Waals surface area contributed by atoms with Crippen LogP contribution in [-0.4, -0.2) is 29.3 Å². The number of halogens is 1. The largest absolute Gasteiger partial charge is 0.466 e. The van der Waals surface area contributed by atoms with Crippen molar-refractivity contribution in [3.63, 3.8) is 0 Å². The minimum Gasteiger partial charge on any atom is -0.466 e. The second kappa shape index (κ2) is 10.4. The van der Waals surface area contributed by atoms with Crippen LogP contribution in [0.1, 0.15) is 64.6 Å². The van der Waals surface area contributed by atoms with Crippen molar-refractivity contribution in [3.8, 4) is 0 Å². The molecule has 3 aromatic rings. The fourth-order valence-corrected chi connectivity index (χ4v) is 4.93. The number of ketones is 1. The van der Waals surface area contributed by atoms with Gasteiger partial charge in [-0.1, -0.05) is 12.1 Å². The molecular weight excluding hydrogens is 473 g/mol. The first-order valence-electron chi connectivity index (χ1n) is 12.5. The molecule has 0 radical (unpaired) electrons. The summed E-state index contributed by atoms with van der Waals surface area (Å²) >= 11 is 0. The molecule has 0 fully saturated rings. The molecule has 2 aromatic carbocycles. The molecule has 0 atom stereocenters. The third-order valence-corrected chi connectivity index (χ3v) is 6.71. The molecule has 1 amide bonds. The Hall–Kier alpha value is -4.20. The van der Waals surface area contributed by atoms with E-state index in [1.165, 1.54) is 12.1 Å². The maximum Gasteiger partial charge on any atom is 0.306 e. The average molecular weight is 502 g/mol. The van der Waals surface area contributed by atoms with E-state index >= 15 is 0 Å². The zero-order valence-electron chi connectivity index (χ0n) is 20.6. The van der Waals surface area contributed by atoms with E-state index in [4.69, 9.17) is 4.74 Å². The van der Waals surface area contributed by atoms with E-state index in [1.54, 1.807) is 25.1 Å². The van der Waals surface area contributed by atoms with E-state index in [0.717, 1.165) is 40.9 Å². The van der Waals surface area contributed by atoms with Gasteiger partial charge in [0.2, 0.25) is 0 Å². The molecule has 0 saturated heterocycles. The number of hydrogen-bond acceptors (Lipinski definition) is 5. The summed E-state index contributed by atoms with van der Waals surface area (Å²) in [4.78, 5) is 41.1. The van der Waals surface area contributed by atoms with Gasteiger partial charge < -0.3 is 20.4 Å². The van der Waals surface area contributed by atoms with E-state index in [9.17, 15) is 18.8 Å². The summed E-state index contributed by atoms with van der Waals surface area (Å²) in [6, 6.07) is 11.9. The first-order valence-corrected chi connectivity index (χ1v) is 12.5. The van der Waals surface area contributed by atoms with Crippen molar-refractivity contribution in [1.82, 2.24) is 4.98 Å². The number of H-pyrrole nitrogens is 1. The highest BCUT2D eigenvalue weighted by Crippen LogP contribution is 2.37. The summed E-state index contributed by atoms with van der Waals surface area (Å²) in [5.41, 5.74) is 6.59. The van der Waals surface area contributed by atoms with Gasteiger partial charge in [-0.05, 0) is 73.7 Å². The van der Waals surface area contributed by atoms with Gasteiger partial charge in [-0.15, -0.1) is 0 Å². The molecule has 0 unspecified atom stereocenters.